The summed E-state index contributed by atoms with van der Waals surface area (Å²) >= 11 is 0. The Bertz CT molecular complexity index is 889. The number of hydrogen-bond acceptors (Lipinski definition) is 4. The number of alkyl halides is 6. The second-order valence-electron chi connectivity index (χ2n) is 7.01. The zero-order valence-electron chi connectivity index (χ0n) is 15.5. The summed E-state index contributed by atoms with van der Waals surface area (Å²) in [7, 11) is -15.5. The van der Waals surface area contributed by atoms with Gasteiger partial charge in [0.1, 0.15) is 0 Å². The molecule has 0 aliphatic carbocycles. The highest BCUT2D eigenvalue weighted by molar-refractivity contribution is 8.09. The summed E-state index contributed by atoms with van der Waals surface area (Å²) in [5.74, 6) is 0. The van der Waals surface area contributed by atoms with E-state index in [1.165, 1.54) is 0 Å². The molecule has 4 nitrogen and oxygen atoms in total. The molecule has 0 atom stereocenters. The van der Waals surface area contributed by atoms with Crippen molar-refractivity contribution >= 4 is 39.0 Å². The minimum absolute atomic E-state index is 0.0949. The fourth-order valence-electron chi connectivity index (χ4n) is 2.70. The van der Waals surface area contributed by atoms with Gasteiger partial charge in [0, 0.05) is 0 Å². The van der Waals surface area contributed by atoms with E-state index in [2.05, 4.69) is 6.58 Å². The molecule has 0 saturated carbocycles. The Hall–Kier alpha value is -1.34. The van der Waals surface area contributed by atoms with Crippen LogP contribution >= 0.6 is 0 Å². The molecule has 1 aromatic rings. The van der Waals surface area contributed by atoms with Crippen molar-refractivity contribution in [1.29, 1.82) is 0 Å². The Kier molecular flexibility index (Phi) is 7.46. The topological polar surface area (TPSA) is 68.3 Å². The monoisotopic (exact) mass is 482 g/mol. The summed E-state index contributed by atoms with van der Waals surface area (Å²) in [6, 6.07) is 7.07. The molecule has 13 heteroatoms. The van der Waals surface area contributed by atoms with Gasteiger partial charge in [-0.05, 0) is 12.0 Å². The highest BCUT2D eigenvalue weighted by Gasteiger charge is 2.62. The van der Waals surface area contributed by atoms with Crippen molar-refractivity contribution < 1.29 is 43.2 Å². The molecule has 1 rings (SSSR count). The Morgan fingerprint density at radius 2 is 1.34 bits per heavy atom. The fourth-order valence-corrected chi connectivity index (χ4v) is 8.69. The number of rotatable bonds is 8. The van der Waals surface area contributed by atoms with Gasteiger partial charge in [-0.3, -0.25) is 0 Å². The van der Waals surface area contributed by atoms with Crippen molar-refractivity contribution in [3.8, 4) is 0 Å². The van der Waals surface area contributed by atoms with Gasteiger partial charge in [-0.25, -0.2) is 16.8 Å². The molecule has 0 bridgehead atoms. The maximum Gasteiger partial charge on any atom is 0.498 e. The SMILES string of the molecule is C=Cc1ccc([Si-](C)(C)CCCC(S(=O)(=O)C(F)(F)F)S(=O)(=O)C(F)(F)F)cc1. The minimum atomic E-state index is -6.57. The first-order valence-electron chi connectivity index (χ1n) is 8.21. The van der Waals surface area contributed by atoms with Crippen LogP contribution in [0.4, 0.5) is 26.3 Å². The van der Waals surface area contributed by atoms with E-state index in [-0.39, 0.29) is 6.04 Å². The van der Waals surface area contributed by atoms with Gasteiger partial charge in [0.15, 0.2) is 4.58 Å². The smallest absolute Gasteiger partial charge is 0.218 e. The maximum atomic E-state index is 12.8. The van der Waals surface area contributed by atoms with E-state index in [4.69, 9.17) is 0 Å². The predicted molar refractivity (Wildman–Crippen MR) is 101 cm³/mol. The van der Waals surface area contributed by atoms with Crippen molar-refractivity contribution in [2.45, 2.75) is 47.6 Å². The van der Waals surface area contributed by atoms with E-state index < -0.39 is 56.2 Å². The fraction of sp³-hybridized carbons (Fsp3) is 0.500. The first kappa shape index (κ1) is 25.7. The molecule has 0 aliphatic rings. The number of hydrogen-bond donors (Lipinski definition) is 0. The van der Waals surface area contributed by atoms with Crippen LogP contribution in [0.25, 0.3) is 6.08 Å². The van der Waals surface area contributed by atoms with Gasteiger partial charge in [-0.2, -0.15) is 50.7 Å². The van der Waals surface area contributed by atoms with Crippen LogP contribution in [0.3, 0.4) is 0 Å². The number of sulfone groups is 2. The third-order valence-electron chi connectivity index (χ3n) is 4.51. The lowest BCUT2D eigenvalue weighted by atomic mass is 10.2. The van der Waals surface area contributed by atoms with Gasteiger partial charge in [0.25, 0.3) is 19.7 Å². The zero-order chi connectivity index (χ0) is 22.9. The minimum Gasteiger partial charge on any atom is -0.218 e. The molecule has 0 aliphatic heterocycles. The largest absolute Gasteiger partial charge is 0.498 e. The summed E-state index contributed by atoms with van der Waals surface area (Å²) in [5.41, 5.74) is -11.4. The molecular formula is C16H20F6O4S2Si-. The first-order chi connectivity index (χ1) is 12.9. The van der Waals surface area contributed by atoms with E-state index in [0.717, 1.165) is 10.8 Å². The van der Waals surface area contributed by atoms with E-state index in [9.17, 15) is 43.2 Å². The van der Waals surface area contributed by atoms with Gasteiger partial charge in [0.05, 0.1) is 0 Å². The van der Waals surface area contributed by atoms with Crippen LogP contribution in [0.15, 0.2) is 30.8 Å². The summed E-state index contributed by atoms with van der Waals surface area (Å²) in [4.78, 5) is 0. The second kappa shape index (κ2) is 8.42. The molecule has 0 N–H and O–H groups in total. The van der Waals surface area contributed by atoms with Crippen LogP contribution in [0.1, 0.15) is 18.4 Å². The lowest BCUT2D eigenvalue weighted by Gasteiger charge is -2.35. The highest BCUT2D eigenvalue weighted by Crippen LogP contribution is 2.38. The Morgan fingerprint density at radius 1 is 0.931 bits per heavy atom. The van der Waals surface area contributed by atoms with Crippen molar-refractivity contribution in [2.75, 3.05) is 0 Å². The second-order valence-corrected chi connectivity index (χ2v) is 16.4. The molecule has 0 unspecified atom stereocenters. The van der Waals surface area contributed by atoms with Gasteiger partial charge in [-0.15, -0.1) is 8.07 Å². The number of halogens is 6. The first-order valence-corrected chi connectivity index (χ1v) is 14.5. The third kappa shape index (κ3) is 5.63. The normalized spacial score (nSPS) is 14.2. The van der Waals surface area contributed by atoms with E-state index in [0.29, 0.717) is 0 Å². The molecule has 167 valence electrons. The molecule has 29 heavy (non-hydrogen) atoms. The quantitative estimate of drug-likeness (QED) is 0.411. The Morgan fingerprint density at radius 3 is 1.69 bits per heavy atom. The van der Waals surface area contributed by atoms with Crippen molar-refractivity contribution in [2.24, 2.45) is 0 Å². The molecule has 0 spiro atoms. The molecule has 0 heterocycles. The van der Waals surface area contributed by atoms with Crippen molar-refractivity contribution in [1.82, 2.24) is 0 Å². The molecule has 1 aromatic carbocycles. The summed E-state index contributed by atoms with van der Waals surface area (Å²) in [6.45, 7) is 7.18. The molecule has 0 aromatic heterocycles. The molecular weight excluding hydrogens is 462 g/mol. The van der Waals surface area contributed by atoms with E-state index in [1.54, 1.807) is 43.4 Å². The van der Waals surface area contributed by atoms with E-state index in [1.807, 2.05) is 0 Å². The lowest BCUT2D eigenvalue weighted by molar-refractivity contribution is -0.0472. The van der Waals surface area contributed by atoms with Crippen LogP contribution in [0, 0.1) is 0 Å². The van der Waals surface area contributed by atoms with Gasteiger partial charge >= 0.3 is 11.0 Å². The third-order valence-corrected chi connectivity index (χ3v) is 12.7. The Balaban J connectivity index is 3.14. The maximum absolute atomic E-state index is 12.8. The average molecular weight is 483 g/mol. The van der Waals surface area contributed by atoms with E-state index >= 15 is 0 Å². The van der Waals surface area contributed by atoms with Crippen LogP contribution in [-0.4, -0.2) is 40.5 Å². The summed E-state index contributed by atoms with van der Waals surface area (Å²) in [6.07, 6.45) is -0.143. The summed E-state index contributed by atoms with van der Waals surface area (Å²) < 4.78 is 119. The molecule has 0 radical (unpaired) electrons. The van der Waals surface area contributed by atoms with Crippen LogP contribution in [0.2, 0.25) is 19.1 Å². The van der Waals surface area contributed by atoms with Crippen LogP contribution < -0.4 is 5.19 Å². The lowest BCUT2D eigenvalue weighted by Crippen LogP contribution is -2.45. The van der Waals surface area contributed by atoms with Crippen LogP contribution in [-0.2, 0) is 19.7 Å². The molecule has 0 amide bonds. The van der Waals surface area contributed by atoms with Gasteiger partial charge in [-0.1, -0.05) is 43.3 Å². The van der Waals surface area contributed by atoms with Gasteiger partial charge < -0.3 is 0 Å². The van der Waals surface area contributed by atoms with Gasteiger partial charge in [0.2, 0.25) is 0 Å². The van der Waals surface area contributed by atoms with Crippen LogP contribution in [0.5, 0.6) is 0 Å². The van der Waals surface area contributed by atoms with Crippen molar-refractivity contribution in [3.63, 3.8) is 0 Å². The van der Waals surface area contributed by atoms with Crippen molar-refractivity contribution in [3.05, 3.63) is 36.4 Å². The zero-order valence-corrected chi connectivity index (χ0v) is 18.1. The Labute approximate surface area is 166 Å². The molecule has 0 fully saturated rings. The highest BCUT2D eigenvalue weighted by atomic mass is 32.3. The predicted octanol–water partition coefficient (Wildman–Crippen LogP) is 4.22. The average Bonchev–Trinajstić information content (AvgIpc) is 2.56. The number of benzene rings is 1. The standard InChI is InChI=1S/C16H20F6O4S2Si/c1-4-12-7-9-13(10-8-12)29(2,3)11-5-6-14(27(23,24)15(17,18)19)28(25,26)16(20,21)22/h4,7-10,14H,1,5-6,11H2,2-3H3/q-1. The molecule has 0 saturated heterocycles. The summed E-state index contributed by atoms with van der Waals surface area (Å²) in [5, 5.41) is 0.831.